The van der Waals surface area contributed by atoms with Crippen molar-refractivity contribution >= 4 is 35.0 Å². The number of methoxy groups -OCH3 is 2. The Hall–Kier alpha value is -5.68. The van der Waals surface area contributed by atoms with Crippen LogP contribution in [-0.4, -0.2) is 93.1 Å². The average molecular weight is 738 g/mol. The Morgan fingerprint density at radius 2 is 1.48 bits per heavy atom. The van der Waals surface area contributed by atoms with Gasteiger partial charge in [0, 0.05) is 30.1 Å². The molecule has 4 aromatic rings. The SMILES string of the molecule is COC(=O)NC(C(=O)N1CCCC1c1nc2ccc(C#Cc3ccc(-c4cnc(C5CCCN5C(=O)C([NH2+]C(=O)OC)C(C)C)[nH]4)cc3)cc2[nH]1)C(C)C. The number of rotatable bonds is 9. The zero-order valence-electron chi connectivity index (χ0n) is 31.6. The number of ether oxygens (including phenoxy) is 2. The third-order valence-electron chi connectivity index (χ3n) is 10.3. The number of hydrogen-bond acceptors (Lipinski definition) is 8. The summed E-state index contributed by atoms with van der Waals surface area (Å²) in [4.78, 5) is 70.9. The molecule has 2 fully saturated rings. The molecule has 4 atom stereocenters. The van der Waals surface area contributed by atoms with Crippen molar-refractivity contribution in [3.05, 3.63) is 71.4 Å². The lowest BCUT2D eigenvalue weighted by atomic mass is 10.0. The summed E-state index contributed by atoms with van der Waals surface area (Å²) in [6.07, 6.45) is 3.90. The molecule has 2 aliphatic rings. The van der Waals surface area contributed by atoms with Crippen molar-refractivity contribution in [3.8, 4) is 23.1 Å². The summed E-state index contributed by atoms with van der Waals surface area (Å²) in [6, 6.07) is 12.0. The number of nitrogens with zero attached hydrogens (tertiary/aromatic N) is 4. The Kier molecular flexibility index (Phi) is 11.7. The first-order chi connectivity index (χ1) is 26.0. The molecule has 6 rings (SSSR count). The molecule has 4 unspecified atom stereocenters. The van der Waals surface area contributed by atoms with Gasteiger partial charge in [-0.1, -0.05) is 51.7 Å². The van der Waals surface area contributed by atoms with Gasteiger partial charge < -0.3 is 34.6 Å². The van der Waals surface area contributed by atoms with Crippen LogP contribution in [0.2, 0.25) is 0 Å². The van der Waals surface area contributed by atoms with E-state index in [0.717, 1.165) is 64.9 Å². The summed E-state index contributed by atoms with van der Waals surface area (Å²) >= 11 is 0. The van der Waals surface area contributed by atoms with E-state index in [9.17, 15) is 19.2 Å². The predicted octanol–water partition coefficient (Wildman–Crippen LogP) is 4.41. The number of quaternary nitrogens is 1. The van der Waals surface area contributed by atoms with E-state index in [0.29, 0.717) is 18.9 Å². The maximum atomic E-state index is 13.5. The van der Waals surface area contributed by atoms with Crippen LogP contribution in [-0.2, 0) is 19.1 Å². The number of amides is 4. The van der Waals surface area contributed by atoms with E-state index in [2.05, 4.69) is 32.1 Å². The molecule has 2 aromatic heterocycles. The topological polar surface area (TPSA) is 179 Å². The monoisotopic (exact) mass is 737 g/mol. The van der Waals surface area contributed by atoms with Crippen molar-refractivity contribution in [1.29, 1.82) is 0 Å². The molecule has 14 heteroatoms. The minimum absolute atomic E-state index is 0.0534. The molecular formula is C40H49N8O6+. The van der Waals surface area contributed by atoms with Gasteiger partial charge in [-0.2, -0.15) is 4.79 Å². The number of H-pyrrole nitrogens is 2. The van der Waals surface area contributed by atoms with Crippen molar-refractivity contribution in [2.75, 3.05) is 27.3 Å². The molecule has 54 heavy (non-hydrogen) atoms. The number of aromatic amines is 2. The van der Waals surface area contributed by atoms with E-state index in [1.54, 1.807) is 11.1 Å². The first kappa shape index (κ1) is 38.1. The molecule has 5 N–H and O–H groups in total. The standard InChI is InChI=1S/C40H48N8O6/c1-23(2)33(45-39(51)53-5)37(49)47-19-7-9-31(47)35-41-22-30(44-35)27-16-13-25(14-17-27)11-12-26-15-18-28-29(21-26)43-36(42-28)32-10-8-20-48(32)38(50)34(24(3)4)46-40(52)54-6/h13-18,21-24,31-34H,7-10,19-20H2,1-6H3,(H,41,44)(H,42,43)(H,45,51)(H,46,52)/p+1. The maximum Gasteiger partial charge on any atom is 0.513 e. The van der Waals surface area contributed by atoms with Gasteiger partial charge in [0.1, 0.15) is 17.7 Å². The summed E-state index contributed by atoms with van der Waals surface area (Å²) in [6.45, 7) is 8.83. The van der Waals surface area contributed by atoms with Gasteiger partial charge in [0.25, 0.3) is 5.91 Å². The molecule has 2 aromatic carbocycles. The highest BCUT2D eigenvalue weighted by molar-refractivity contribution is 5.87. The number of nitrogens with one attached hydrogen (secondary N) is 3. The Labute approximate surface area is 314 Å². The molecule has 0 saturated carbocycles. The second kappa shape index (κ2) is 16.6. The Morgan fingerprint density at radius 1 is 0.833 bits per heavy atom. The van der Waals surface area contributed by atoms with Crippen LogP contribution in [0.5, 0.6) is 0 Å². The molecular weight excluding hydrogens is 688 g/mol. The summed E-state index contributed by atoms with van der Waals surface area (Å²) in [7, 11) is 2.60. The zero-order valence-corrected chi connectivity index (χ0v) is 31.6. The van der Waals surface area contributed by atoms with E-state index in [4.69, 9.17) is 14.5 Å². The fraction of sp³-hybridized carbons (Fsp3) is 0.450. The molecule has 284 valence electrons. The van der Waals surface area contributed by atoms with Crippen LogP contribution in [0.15, 0.2) is 48.7 Å². The van der Waals surface area contributed by atoms with Crippen LogP contribution in [0.4, 0.5) is 9.59 Å². The van der Waals surface area contributed by atoms with Crippen molar-refractivity contribution < 1.29 is 34.0 Å². The van der Waals surface area contributed by atoms with Gasteiger partial charge in [0.15, 0.2) is 6.04 Å². The van der Waals surface area contributed by atoms with Gasteiger partial charge in [0.05, 0.1) is 49.2 Å². The highest BCUT2D eigenvalue weighted by Gasteiger charge is 2.40. The van der Waals surface area contributed by atoms with E-state index in [-0.39, 0.29) is 35.7 Å². The summed E-state index contributed by atoms with van der Waals surface area (Å²) in [5.41, 5.74) is 5.07. The van der Waals surface area contributed by atoms with Crippen LogP contribution in [0, 0.1) is 23.7 Å². The largest absolute Gasteiger partial charge is 0.513 e. The Balaban J connectivity index is 1.12. The van der Waals surface area contributed by atoms with Crippen molar-refractivity contribution in [1.82, 2.24) is 35.1 Å². The molecule has 0 bridgehead atoms. The number of likely N-dealkylation sites (tertiary alicyclic amines) is 2. The van der Waals surface area contributed by atoms with E-state index in [1.165, 1.54) is 19.5 Å². The van der Waals surface area contributed by atoms with Crippen molar-refractivity contribution in [2.45, 2.75) is 77.5 Å². The van der Waals surface area contributed by atoms with Crippen LogP contribution < -0.4 is 10.6 Å². The molecule has 0 radical (unpaired) electrons. The lowest BCUT2D eigenvalue weighted by molar-refractivity contribution is -0.601. The van der Waals surface area contributed by atoms with Crippen molar-refractivity contribution in [3.63, 3.8) is 0 Å². The number of aromatic nitrogens is 4. The molecule has 2 aliphatic heterocycles. The van der Waals surface area contributed by atoms with Gasteiger partial charge in [0.2, 0.25) is 5.91 Å². The van der Waals surface area contributed by atoms with Gasteiger partial charge in [-0.25, -0.2) is 20.1 Å². The highest BCUT2D eigenvalue weighted by atomic mass is 16.5. The van der Waals surface area contributed by atoms with Gasteiger partial charge >= 0.3 is 12.2 Å². The lowest BCUT2D eigenvalue weighted by Gasteiger charge is -2.29. The molecule has 4 heterocycles. The number of nitrogens with two attached hydrogens (primary N) is 1. The third kappa shape index (κ3) is 8.26. The molecule has 4 amide bonds. The zero-order chi connectivity index (χ0) is 38.5. The third-order valence-corrected chi connectivity index (χ3v) is 10.3. The molecule has 14 nitrogen and oxygen atoms in total. The molecule has 0 aliphatic carbocycles. The lowest BCUT2D eigenvalue weighted by Crippen LogP contribution is -2.96. The van der Waals surface area contributed by atoms with Crippen molar-refractivity contribution in [2.24, 2.45) is 11.8 Å². The minimum Gasteiger partial charge on any atom is -0.453 e. The predicted molar refractivity (Wildman–Crippen MR) is 201 cm³/mol. The van der Waals surface area contributed by atoms with Crippen LogP contribution in [0.1, 0.15) is 88.2 Å². The minimum atomic E-state index is -0.696. The number of benzene rings is 2. The number of fused-ring (bicyclic) bond motifs is 1. The molecule has 0 spiro atoms. The average Bonchev–Trinajstić information content (AvgIpc) is 4.00. The maximum absolute atomic E-state index is 13.5. The number of alkyl carbamates (subject to hydrolysis) is 1. The number of hydrogen-bond donors (Lipinski definition) is 4. The van der Waals surface area contributed by atoms with E-state index < -0.39 is 24.3 Å². The number of imidazole rings is 2. The van der Waals surface area contributed by atoms with Gasteiger partial charge in [-0.3, -0.25) is 9.59 Å². The summed E-state index contributed by atoms with van der Waals surface area (Å²) in [5, 5.41) is 4.06. The fourth-order valence-electron chi connectivity index (χ4n) is 7.26. The second-order valence-corrected chi connectivity index (χ2v) is 14.6. The smallest absolute Gasteiger partial charge is 0.453 e. The Bertz CT molecular complexity index is 2060. The van der Waals surface area contributed by atoms with Gasteiger partial charge in [-0.05, 0) is 67.5 Å². The second-order valence-electron chi connectivity index (χ2n) is 14.6. The first-order valence-electron chi connectivity index (χ1n) is 18.5. The number of carbonyl (C=O) groups is 4. The van der Waals surface area contributed by atoms with Crippen LogP contribution >= 0.6 is 0 Å². The van der Waals surface area contributed by atoms with E-state index >= 15 is 0 Å². The quantitative estimate of drug-likeness (QED) is 0.183. The number of carbonyl (C=O) groups excluding carboxylic acids is 4. The first-order valence-corrected chi connectivity index (χ1v) is 18.5. The van der Waals surface area contributed by atoms with Crippen LogP contribution in [0.3, 0.4) is 0 Å². The van der Waals surface area contributed by atoms with Crippen LogP contribution in [0.25, 0.3) is 22.3 Å². The summed E-state index contributed by atoms with van der Waals surface area (Å²) in [5.74, 6) is 7.53. The van der Waals surface area contributed by atoms with Gasteiger partial charge in [-0.15, -0.1) is 0 Å². The highest BCUT2D eigenvalue weighted by Crippen LogP contribution is 2.34. The number of primary amides is 1. The molecule has 2 saturated heterocycles. The van der Waals surface area contributed by atoms with E-state index in [1.807, 2.05) is 75.1 Å². The normalized spacial score (nSPS) is 18.1. The summed E-state index contributed by atoms with van der Waals surface area (Å²) < 4.78 is 9.55. The Morgan fingerprint density at radius 3 is 2.13 bits per heavy atom. The fourth-order valence-corrected chi connectivity index (χ4v) is 7.26.